The Hall–Kier alpha value is -2.40. The maximum absolute atomic E-state index is 12.1. The van der Waals surface area contributed by atoms with E-state index in [9.17, 15) is 22.8 Å². The standard InChI is InChI=1S/C9H11N3O7S/c10-6(13)3-12(4-7(11)14)20(17,18)8-2-1-5(19-8)9(15)16/h1-2H,3-4H2,(H2,10,13)(H2,11,14)(H,15,16). The molecule has 110 valence electrons. The van der Waals surface area contributed by atoms with Crippen molar-refractivity contribution >= 4 is 27.8 Å². The predicted molar refractivity (Wildman–Crippen MR) is 62.8 cm³/mol. The molecule has 0 aliphatic rings. The van der Waals surface area contributed by atoms with Gasteiger partial charge in [-0.3, -0.25) is 9.59 Å². The van der Waals surface area contributed by atoms with Crippen molar-refractivity contribution in [3.63, 3.8) is 0 Å². The van der Waals surface area contributed by atoms with Gasteiger partial charge in [0.15, 0.2) is 0 Å². The van der Waals surface area contributed by atoms with Crippen LogP contribution in [0.1, 0.15) is 10.6 Å². The molecule has 0 saturated heterocycles. The summed E-state index contributed by atoms with van der Waals surface area (Å²) in [5, 5.41) is 7.90. The summed E-state index contributed by atoms with van der Waals surface area (Å²) in [6, 6.07) is 1.80. The van der Waals surface area contributed by atoms with Gasteiger partial charge in [0.2, 0.25) is 22.7 Å². The second-order valence-electron chi connectivity index (χ2n) is 3.63. The summed E-state index contributed by atoms with van der Waals surface area (Å²) >= 11 is 0. The van der Waals surface area contributed by atoms with E-state index < -0.39 is 51.7 Å². The number of carbonyl (C=O) groups is 3. The van der Waals surface area contributed by atoms with Gasteiger partial charge in [-0.1, -0.05) is 0 Å². The number of carboxylic acid groups (broad SMARTS) is 1. The fraction of sp³-hybridized carbons (Fsp3) is 0.222. The minimum atomic E-state index is -4.40. The van der Waals surface area contributed by atoms with Gasteiger partial charge < -0.3 is 21.0 Å². The number of nitrogens with two attached hydrogens (primary N) is 2. The average molecular weight is 305 g/mol. The van der Waals surface area contributed by atoms with E-state index in [1.807, 2.05) is 0 Å². The van der Waals surface area contributed by atoms with Crippen LogP contribution in [0, 0.1) is 0 Å². The molecule has 20 heavy (non-hydrogen) atoms. The fourth-order valence-corrected chi connectivity index (χ4v) is 2.56. The molecule has 1 heterocycles. The number of primary amides is 2. The van der Waals surface area contributed by atoms with Gasteiger partial charge in [-0.25, -0.2) is 13.2 Å². The Morgan fingerprint density at radius 1 is 1.15 bits per heavy atom. The van der Waals surface area contributed by atoms with Crippen LogP contribution in [0.5, 0.6) is 0 Å². The lowest BCUT2D eigenvalue weighted by atomic mass is 10.5. The lowest BCUT2D eigenvalue weighted by Gasteiger charge is -2.17. The summed E-state index contributed by atoms with van der Waals surface area (Å²) in [5.41, 5.74) is 9.75. The maximum atomic E-state index is 12.1. The van der Waals surface area contributed by atoms with Crippen LogP contribution in [-0.4, -0.2) is 48.7 Å². The molecule has 0 radical (unpaired) electrons. The van der Waals surface area contributed by atoms with Crippen molar-refractivity contribution in [2.24, 2.45) is 11.5 Å². The zero-order chi connectivity index (χ0) is 15.5. The van der Waals surface area contributed by atoms with E-state index in [2.05, 4.69) is 4.42 Å². The van der Waals surface area contributed by atoms with Gasteiger partial charge in [0.25, 0.3) is 10.0 Å². The second-order valence-corrected chi connectivity index (χ2v) is 5.50. The zero-order valence-electron chi connectivity index (χ0n) is 9.98. The van der Waals surface area contributed by atoms with Gasteiger partial charge in [-0.2, -0.15) is 4.31 Å². The molecule has 2 amide bonds. The molecule has 0 aliphatic heterocycles. The summed E-state index contributed by atoms with van der Waals surface area (Å²) in [4.78, 5) is 32.3. The number of furan rings is 1. The number of nitrogens with zero attached hydrogens (tertiary/aromatic N) is 1. The van der Waals surface area contributed by atoms with Gasteiger partial charge in [0, 0.05) is 0 Å². The van der Waals surface area contributed by atoms with Gasteiger partial charge in [-0.15, -0.1) is 0 Å². The Morgan fingerprint density at radius 2 is 1.65 bits per heavy atom. The molecule has 0 bridgehead atoms. The molecule has 10 nitrogen and oxygen atoms in total. The van der Waals surface area contributed by atoms with Crippen molar-refractivity contribution in [2.45, 2.75) is 5.09 Å². The number of sulfonamides is 1. The largest absolute Gasteiger partial charge is 0.475 e. The summed E-state index contributed by atoms with van der Waals surface area (Å²) < 4.78 is 29.1. The third-order valence-corrected chi connectivity index (χ3v) is 3.72. The van der Waals surface area contributed by atoms with Crippen molar-refractivity contribution in [1.29, 1.82) is 0 Å². The van der Waals surface area contributed by atoms with Crippen LogP contribution >= 0.6 is 0 Å². The van der Waals surface area contributed by atoms with E-state index in [1.54, 1.807) is 0 Å². The van der Waals surface area contributed by atoms with Crippen molar-refractivity contribution in [3.8, 4) is 0 Å². The van der Waals surface area contributed by atoms with E-state index in [4.69, 9.17) is 16.6 Å². The number of rotatable bonds is 7. The first-order chi connectivity index (χ1) is 9.14. The first-order valence-corrected chi connectivity index (χ1v) is 6.48. The van der Waals surface area contributed by atoms with Crippen LogP contribution in [-0.2, 0) is 19.6 Å². The van der Waals surface area contributed by atoms with Crippen LogP contribution in [0.4, 0.5) is 0 Å². The fourth-order valence-electron chi connectivity index (χ4n) is 1.27. The molecule has 11 heteroatoms. The van der Waals surface area contributed by atoms with E-state index >= 15 is 0 Å². The van der Waals surface area contributed by atoms with Crippen LogP contribution < -0.4 is 11.5 Å². The minimum Gasteiger partial charge on any atom is -0.475 e. The lowest BCUT2D eigenvalue weighted by Crippen LogP contribution is -2.43. The van der Waals surface area contributed by atoms with Crippen molar-refractivity contribution in [2.75, 3.05) is 13.1 Å². The van der Waals surface area contributed by atoms with Gasteiger partial charge in [0.1, 0.15) is 0 Å². The summed E-state index contributed by atoms with van der Waals surface area (Å²) in [6.45, 7) is -1.59. The number of amides is 2. The monoisotopic (exact) mass is 305 g/mol. The van der Waals surface area contributed by atoms with E-state index in [0.717, 1.165) is 12.1 Å². The number of carboxylic acids is 1. The smallest absolute Gasteiger partial charge is 0.371 e. The number of hydrogen-bond donors (Lipinski definition) is 3. The minimum absolute atomic E-state index is 0.391. The third-order valence-electron chi connectivity index (χ3n) is 2.05. The third kappa shape index (κ3) is 3.55. The number of aromatic carboxylic acids is 1. The topological polar surface area (TPSA) is 174 Å². The van der Waals surface area contributed by atoms with Crippen LogP contribution in [0.15, 0.2) is 21.6 Å². The summed E-state index contributed by atoms with van der Waals surface area (Å²) in [7, 11) is -4.40. The van der Waals surface area contributed by atoms with Crippen LogP contribution in [0.25, 0.3) is 0 Å². The van der Waals surface area contributed by atoms with Crippen LogP contribution in [0.2, 0.25) is 0 Å². The Labute approximate surface area is 113 Å². The SMILES string of the molecule is NC(=O)CN(CC(N)=O)S(=O)(=O)c1ccc(C(=O)O)o1. The molecule has 0 fully saturated rings. The average Bonchev–Trinajstić information content (AvgIpc) is 2.76. The molecule has 5 N–H and O–H groups in total. The van der Waals surface area contributed by atoms with E-state index in [1.165, 1.54) is 0 Å². The molecule has 0 spiro atoms. The van der Waals surface area contributed by atoms with Crippen molar-refractivity contribution < 1.29 is 32.3 Å². The molecule has 0 saturated carbocycles. The molecular weight excluding hydrogens is 294 g/mol. The second kappa shape index (κ2) is 5.71. The number of hydrogen-bond acceptors (Lipinski definition) is 6. The van der Waals surface area contributed by atoms with Crippen molar-refractivity contribution in [1.82, 2.24) is 4.31 Å². The van der Waals surface area contributed by atoms with Gasteiger partial charge >= 0.3 is 5.97 Å². The molecule has 1 rings (SSSR count). The highest BCUT2D eigenvalue weighted by Gasteiger charge is 2.31. The Morgan fingerprint density at radius 3 is 2.00 bits per heavy atom. The highest BCUT2D eigenvalue weighted by molar-refractivity contribution is 7.89. The van der Waals surface area contributed by atoms with Gasteiger partial charge in [-0.05, 0) is 12.1 Å². The molecule has 0 aliphatic carbocycles. The Bertz CT molecular complexity index is 632. The summed E-state index contributed by atoms with van der Waals surface area (Å²) in [5.74, 6) is -4.11. The molecule has 0 aromatic carbocycles. The van der Waals surface area contributed by atoms with E-state index in [-0.39, 0.29) is 0 Å². The zero-order valence-corrected chi connectivity index (χ0v) is 10.8. The van der Waals surface area contributed by atoms with Gasteiger partial charge in [0.05, 0.1) is 13.1 Å². The highest BCUT2D eigenvalue weighted by Crippen LogP contribution is 2.18. The molecular formula is C9H11N3O7S. The Kier molecular flexibility index (Phi) is 4.47. The predicted octanol–water partition coefficient (Wildman–Crippen LogP) is -2.06. The Balaban J connectivity index is 3.16. The van der Waals surface area contributed by atoms with E-state index in [0.29, 0.717) is 4.31 Å². The first kappa shape index (κ1) is 15.7. The molecule has 0 atom stereocenters. The lowest BCUT2D eigenvalue weighted by molar-refractivity contribution is -0.120. The maximum Gasteiger partial charge on any atom is 0.371 e. The molecule has 1 aromatic rings. The normalized spacial score (nSPS) is 11.4. The quantitative estimate of drug-likeness (QED) is 0.519. The summed E-state index contributed by atoms with van der Waals surface area (Å²) in [6.07, 6.45) is 0. The molecule has 0 unspecified atom stereocenters. The number of carbonyl (C=O) groups excluding carboxylic acids is 2. The van der Waals surface area contributed by atoms with Crippen LogP contribution in [0.3, 0.4) is 0 Å². The first-order valence-electron chi connectivity index (χ1n) is 5.04. The highest BCUT2D eigenvalue weighted by atomic mass is 32.2. The van der Waals surface area contributed by atoms with Crippen molar-refractivity contribution in [3.05, 3.63) is 17.9 Å². The molecule has 1 aromatic heterocycles.